The first-order chi connectivity index (χ1) is 8.34. The summed E-state index contributed by atoms with van der Waals surface area (Å²) in [5.74, 6) is 0.922. The van der Waals surface area contributed by atoms with Crippen molar-refractivity contribution in [2.24, 2.45) is 0 Å². The Morgan fingerprint density at radius 3 is 3.12 bits per heavy atom. The number of rotatable bonds is 2. The zero-order chi connectivity index (χ0) is 11.7. The first kappa shape index (κ1) is 10.6. The quantitative estimate of drug-likeness (QED) is 0.817. The van der Waals surface area contributed by atoms with E-state index in [2.05, 4.69) is 15.1 Å². The summed E-state index contributed by atoms with van der Waals surface area (Å²) in [6, 6.07) is 0. The van der Waals surface area contributed by atoms with Gasteiger partial charge in [-0.15, -0.1) is 11.3 Å². The Morgan fingerprint density at radius 1 is 1.41 bits per heavy atom. The average molecular weight is 249 g/mol. The molecular weight excluding hydrogens is 238 g/mol. The van der Waals surface area contributed by atoms with Gasteiger partial charge in [0.1, 0.15) is 11.5 Å². The van der Waals surface area contributed by atoms with Crippen LogP contribution in [0.1, 0.15) is 37.5 Å². The highest BCUT2D eigenvalue weighted by molar-refractivity contribution is 7.07. The fourth-order valence-corrected chi connectivity index (χ4v) is 2.58. The van der Waals surface area contributed by atoms with Gasteiger partial charge in [0.2, 0.25) is 11.7 Å². The van der Waals surface area contributed by atoms with Crippen LogP contribution >= 0.6 is 11.3 Å². The lowest BCUT2D eigenvalue weighted by atomic mass is 9.88. The summed E-state index contributed by atoms with van der Waals surface area (Å²) in [4.78, 5) is 20.1. The van der Waals surface area contributed by atoms with Gasteiger partial charge in [-0.2, -0.15) is 4.98 Å². The number of hydrogen-bond acceptors (Lipinski definition) is 6. The van der Waals surface area contributed by atoms with Crippen LogP contribution in [-0.4, -0.2) is 20.9 Å². The molecule has 0 radical (unpaired) electrons. The minimum absolute atomic E-state index is 0.205. The van der Waals surface area contributed by atoms with Crippen LogP contribution in [0.3, 0.4) is 0 Å². The molecule has 88 valence electrons. The van der Waals surface area contributed by atoms with Crippen molar-refractivity contribution in [3.63, 3.8) is 0 Å². The van der Waals surface area contributed by atoms with Crippen molar-refractivity contribution in [1.82, 2.24) is 15.1 Å². The Balaban J connectivity index is 1.87. The highest BCUT2D eigenvalue weighted by atomic mass is 32.1. The largest absolute Gasteiger partial charge is 0.338 e. The molecule has 1 unspecified atom stereocenters. The topological polar surface area (TPSA) is 68.9 Å². The SMILES string of the molecule is O=C1CCCCC1c1nc(-c2cscn2)no1. The van der Waals surface area contributed by atoms with Gasteiger partial charge >= 0.3 is 0 Å². The number of hydrogen-bond donors (Lipinski definition) is 0. The molecule has 0 N–H and O–H groups in total. The molecule has 0 amide bonds. The Labute approximate surface area is 102 Å². The molecule has 2 heterocycles. The summed E-state index contributed by atoms with van der Waals surface area (Å²) >= 11 is 1.48. The molecule has 0 aromatic carbocycles. The second-order valence-electron chi connectivity index (χ2n) is 4.09. The van der Waals surface area contributed by atoms with E-state index < -0.39 is 0 Å². The first-order valence-electron chi connectivity index (χ1n) is 5.59. The number of carbonyl (C=O) groups is 1. The number of ketones is 1. The monoisotopic (exact) mass is 249 g/mol. The lowest BCUT2D eigenvalue weighted by molar-refractivity contribution is -0.122. The standard InChI is InChI=1S/C11H11N3O2S/c15-9-4-2-1-3-7(9)11-13-10(14-16-11)8-5-17-6-12-8/h5-7H,1-4H2. The number of thiazole rings is 1. The van der Waals surface area contributed by atoms with E-state index >= 15 is 0 Å². The van der Waals surface area contributed by atoms with E-state index in [1.807, 2.05) is 5.38 Å². The number of nitrogens with zero attached hydrogens (tertiary/aromatic N) is 3. The first-order valence-corrected chi connectivity index (χ1v) is 6.54. The molecule has 1 aliphatic carbocycles. The van der Waals surface area contributed by atoms with Crippen molar-refractivity contribution in [1.29, 1.82) is 0 Å². The molecule has 3 rings (SSSR count). The van der Waals surface area contributed by atoms with E-state index in [1.165, 1.54) is 11.3 Å². The Hall–Kier alpha value is -1.56. The summed E-state index contributed by atoms with van der Waals surface area (Å²) < 4.78 is 5.18. The molecule has 6 heteroatoms. The third kappa shape index (κ3) is 2.00. The predicted molar refractivity (Wildman–Crippen MR) is 61.6 cm³/mol. The van der Waals surface area contributed by atoms with Crippen molar-refractivity contribution in [2.75, 3.05) is 0 Å². The molecule has 1 aliphatic rings. The molecule has 0 spiro atoms. The lowest BCUT2D eigenvalue weighted by Gasteiger charge is -2.16. The summed E-state index contributed by atoms with van der Waals surface area (Å²) in [6.45, 7) is 0. The van der Waals surface area contributed by atoms with E-state index in [-0.39, 0.29) is 11.7 Å². The third-order valence-corrected chi connectivity index (χ3v) is 3.54. The van der Waals surface area contributed by atoms with Gasteiger partial charge in [0.05, 0.1) is 11.4 Å². The predicted octanol–water partition coefficient (Wildman–Crippen LogP) is 2.42. The van der Waals surface area contributed by atoms with Crippen molar-refractivity contribution >= 4 is 17.1 Å². The summed E-state index contributed by atoms with van der Waals surface area (Å²) in [5, 5.41) is 5.73. The molecule has 1 fully saturated rings. The highest BCUT2D eigenvalue weighted by Crippen LogP contribution is 2.29. The highest BCUT2D eigenvalue weighted by Gasteiger charge is 2.29. The molecule has 2 aromatic rings. The molecule has 0 bridgehead atoms. The maximum Gasteiger partial charge on any atom is 0.237 e. The van der Waals surface area contributed by atoms with Gasteiger partial charge < -0.3 is 4.52 Å². The van der Waals surface area contributed by atoms with Crippen molar-refractivity contribution < 1.29 is 9.32 Å². The molecule has 1 atom stereocenters. The smallest absolute Gasteiger partial charge is 0.237 e. The molecule has 0 aliphatic heterocycles. The molecule has 5 nitrogen and oxygen atoms in total. The Bertz CT molecular complexity index is 521. The van der Waals surface area contributed by atoms with E-state index in [0.29, 0.717) is 23.8 Å². The lowest BCUT2D eigenvalue weighted by Crippen LogP contribution is -2.17. The van der Waals surface area contributed by atoms with Crippen LogP contribution in [0.25, 0.3) is 11.5 Å². The fraction of sp³-hybridized carbons (Fsp3) is 0.455. The Morgan fingerprint density at radius 2 is 2.35 bits per heavy atom. The minimum atomic E-state index is -0.205. The zero-order valence-electron chi connectivity index (χ0n) is 9.13. The van der Waals surface area contributed by atoms with Crippen LogP contribution in [0.4, 0.5) is 0 Å². The average Bonchev–Trinajstić information content (AvgIpc) is 3.00. The fourth-order valence-electron chi connectivity index (χ4n) is 2.05. The summed E-state index contributed by atoms with van der Waals surface area (Å²) in [6.07, 6.45) is 3.46. The van der Waals surface area contributed by atoms with E-state index in [9.17, 15) is 4.79 Å². The van der Waals surface area contributed by atoms with Gasteiger partial charge in [-0.3, -0.25) is 4.79 Å². The zero-order valence-corrected chi connectivity index (χ0v) is 9.94. The van der Waals surface area contributed by atoms with E-state index in [1.54, 1.807) is 5.51 Å². The molecule has 1 saturated carbocycles. The van der Waals surface area contributed by atoms with Gasteiger partial charge in [-0.25, -0.2) is 4.98 Å². The third-order valence-electron chi connectivity index (χ3n) is 2.96. The van der Waals surface area contributed by atoms with Crippen molar-refractivity contribution in [3.8, 4) is 11.5 Å². The van der Waals surface area contributed by atoms with Crippen molar-refractivity contribution in [2.45, 2.75) is 31.6 Å². The van der Waals surface area contributed by atoms with Crippen LogP contribution in [0.5, 0.6) is 0 Å². The molecular formula is C11H11N3O2S. The van der Waals surface area contributed by atoms with Gasteiger partial charge in [0, 0.05) is 11.8 Å². The number of Topliss-reactive ketones (excluding diaryl/α,β-unsaturated/α-hetero) is 1. The van der Waals surface area contributed by atoms with Gasteiger partial charge in [-0.05, 0) is 12.8 Å². The maximum absolute atomic E-state index is 11.7. The second kappa shape index (κ2) is 4.37. The molecule has 2 aromatic heterocycles. The van der Waals surface area contributed by atoms with Crippen LogP contribution in [0.15, 0.2) is 15.4 Å². The summed E-state index contributed by atoms with van der Waals surface area (Å²) in [5.41, 5.74) is 2.42. The maximum atomic E-state index is 11.7. The van der Waals surface area contributed by atoms with Crippen LogP contribution in [-0.2, 0) is 4.79 Å². The second-order valence-corrected chi connectivity index (χ2v) is 4.81. The Kier molecular flexibility index (Phi) is 2.72. The van der Waals surface area contributed by atoms with Crippen LogP contribution in [0.2, 0.25) is 0 Å². The van der Waals surface area contributed by atoms with Crippen LogP contribution < -0.4 is 0 Å². The number of carbonyl (C=O) groups excluding carboxylic acids is 1. The minimum Gasteiger partial charge on any atom is -0.338 e. The van der Waals surface area contributed by atoms with Crippen molar-refractivity contribution in [3.05, 3.63) is 16.8 Å². The van der Waals surface area contributed by atoms with Crippen LogP contribution in [0, 0.1) is 0 Å². The normalized spacial score (nSPS) is 20.7. The molecule has 17 heavy (non-hydrogen) atoms. The van der Waals surface area contributed by atoms with E-state index in [4.69, 9.17) is 4.52 Å². The van der Waals surface area contributed by atoms with Gasteiger partial charge in [0.15, 0.2) is 0 Å². The van der Waals surface area contributed by atoms with Gasteiger partial charge in [-0.1, -0.05) is 11.6 Å². The molecule has 0 saturated heterocycles. The van der Waals surface area contributed by atoms with E-state index in [0.717, 1.165) is 19.3 Å². The van der Waals surface area contributed by atoms with Gasteiger partial charge in [0.25, 0.3) is 0 Å². The number of aromatic nitrogens is 3. The summed E-state index contributed by atoms with van der Waals surface area (Å²) in [7, 11) is 0.